The Balaban J connectivity index is 1.96. The van der Waals surface area contributed by atoms with Gasteiger partial charge in [-0.05, 0) is 25.0 Å². The molecule has 0 radical (unpaired) electrons. The molecule has 0 heterocycles. The van der Waals surface area contributed by atoms with Crippen molar-refractivity contribution in [1.82, 2.24) is 0 Å². The third kappa shape index (κ3) is 4.01. The highest BCUT2D eigenvalue weighted by molar-refractivity contribution is 7.91. The van der Waals surface area contributed by atoms with Crippen molar-refractivity contribution in [2.24, 2.45) is 0 Å². The van der Waals surface area contributed by atoms with Gasteiger partial charge in [0.05, 0.1) is 0 Å². The van der Waals surface area contributed by atoms with Crippen LogP contribution in [-0.2, 0) is 9.13 Å². The van der Waals surface area contributed by atoms with Gasteiger partial charge in [-0.3, -0.25) is 0 Å². The van der Waals surface area contributed by atoms with Crippen molar-refractivity contribution in [1.29, 1.82) is 0 Å². The molecular weight excluding hydrogens is 478 g/mol. The van der Waals surface area contributed by atoms with E-state index in [1.807, 2.05) is 147 Å². The van der Waals surface area contributed by atoms with Crippen LogP contribution >= 0.6 is 14.3 Å². The molecule has 0 fully saturated rings. The number of benzene rings is 5. The van der Waals surface area contributed by atoms with E-state index in [2.05, 4.69) is 0 Å². The van der Waals surface area contributed by atoms with E-state index in [1.165, 1.54) is 0 Å². The van der Waals surface area contributed by atoms with Gasteiger partial charge in [-0.25, -0.2) is 0 Å². The van der Waals surface area contributed by atoms with Gasteiger partial charge in [-0.1, -0.05) is 133 Å². The van der Waals surface area contributed by atoms with Crippen LogP contribution in [0.15, 0.2) is 133 Å². The van der Waals surface area contributed by atoms with Gasteiger partial charge >= 0.3 is 0 Å². The Morgan fingerprint density at radius 1 is 0.361 bits per heavy atom. The highest BCUT2D eigenvalue weighted by atomic mass is 31.2. The number of hydrogen-bond acceptors (Lipinski definition) is 2. The molecule has 0 spiro atoms. The highest BCUT2D eigenvalue weighted by Crippen LogP contribution is 2.50. The Labute approximate surface area is 213 Å². The molecule has 5 aromatic carbocycles. The zero-order valence-corrected chi connectivity index (χ0v) is 22.2. The summed E-state index contributed by atoms with van der Waals surface area (Å²) in [7, 11) is -6.78. The molecule has 4 heteroatoms. The predicted octanol–water partition coefficient (Wildman–Crippen LogP) is 5.58. The quantitative estimate of drug-likeness (QED) is 0.282. The molecule has 0 bridgehead atoms. The lowest BCUT2D eigenvalue weighted by Crippen LogP contribution is -2.41. The van der Waals surface area contributed by atoms with Crippen molar-refractivity contribution in [2.45, 2.75) is 13.8 Å². The minimum atomic E-state index is -3.39. The van der Waals surface area contributed by atoms with Crippen LogP contribution in [0.5, 0.6) is 0 Å². The SMILES string of the molecule is Cc1ccc(C)c(P(=O)(c2ccccc2)c2ccccc2)c1P(=O)(c1ccccc1)c1ccccc1. The van der Waals surface area contributed by atoms with Crippen LogP contribution in [0.1, 0.15) is 11.1 Å². The van der Waals surface area contributed by atoms with Crippen LogP contribution in [-0.4, -0.2) is 0 Å². The van der Waals surface area contributed by atoms with Gasteiger partial charge in [0.1, 0.15) is 0 Å². The van der Waals surface area contributed by atoms with Crippen molar-refractivity contribution in [3.8, 4) is 0 Å². The first-order valence-corrected chi connectivity index (χ1v) is 15.4. The first-order valence-electron chi connectivity index (χ1n) is 12.0. The van der Waals surface area contributed by atoms with Crippen molar-refractivity contribution < 1.29 is 9.13 Å². The van der Waals surface area contributed by atoms with Gasteiger partial charge in [0.2, 0.25) is 0 Å². The summed E-state index contributed by atoms with van der Waals surface area (Å²) in [5.74, 6) is 0. The molecular formula is C32H28O2P2. The minimum Gasteiger partial charge on any atom is -0.309 e. The lowest BCUT2D eigenvalue weighted by atomic mass is 10.2. The van der Waals surface area contributed by atoms with E-state index in [0.29, 0.717) is 10.6 Å². The summed E-state index contributed by atoms with van der Waals surface area (Å²) in [6.45, 7) is 3.97. The molecule has 2 nitrogen and oxygen atoms in total. The molecule has 0 aromatic heterocycles. The summed E-state index contributed by atoms with van der Waals surface area (Å²) >= 11 is 0. The second-order valence-electron chi connectivity index (χ2n) is 8.96. The second-order valence-corrected chi connectivity index (χ2v) is 14.4. The second kappa shape index (κ2) is 9.90. The fourth-order valence-corrected chi connectivity index (χ4v) is 11.9. The van der Waals surface area contributed by atoms with Gasteiger partial charge < -0.3 is 9.13 Å². The van der Waals surface area contributed by atoms with Crippen LogP contribution in [0, 0.1) is 13.8 Å². The van der Waals surface area contributed by atoms with Crippen molar-refractivity contribution in [2.75, 3.05) is 0 Å². The van der Waals surface area contributed by atoms with Crippen molar-refractivity contribution in [3.05, 3.63) is 145 Å². The average molecular weight is 507 g/mol. The van der Waals surface area contributed by atoms with Gasteiger partial charge in [-0.15, -0.1) is 0 Å². The Hall–Kier alpha value is -3.44. The summed E-state index contributed by atoms with van der Waals surface area (Å²) in [6.07, 6.45) is 0. The molecule has 5 aromatic rings. The lowest BCUT2D eigenvalue weighted by molar-refractivity contribution is 0.590. The summed E-state index contributed by atoms with van der Waals surface area (Å²) in [5, 5.41) is 4.29. The van der Waals surface area contributed by atoms with Crippen LogP contribution < -0.4 is 31.8 Å². The van der Waals surface area contributed by atoms with E-state index in [0.717, 1.165) is 32.3 Å². The number of hydrogen-bond donors (Lipinski definition) is 0. The smallest absolute Gasteiger partial charge is 0.172 e. The molecule has 36 heavy (non-hydrogen) atoms. The molecule has 0 atom stereocenters. The van der Waals surface area contributed by atoms with Crippen LogP contribution in [0.25, 0.3) is 0 Å². The van der Waals surface area contributed by atoms with Gasteiger partial charge in [0.15, 0.2) is 14.3 Å². The summed E-state index contributed by atoms with van der Waals surface area (Å²) in [4.78, 5) is 0. The largest absolute Gasteiger partial charge is 0.309 e. The molecule has 0 aliphatic carbocycles. The maximum atomic E-state index is 15.6. The Kier molecular flexibility index (Phi) is 6.67. The first-order chi connectivity index (χ1) is 17.5. The van der Waals surface area contributed by atoms with Gasteiger partial charge in [0.25, 0.3) is 0 Å². The molecule has 0 amide bonds. The number of aryl methyl sites for hydroxylation is 2. The Morgan fingerprint density at radius 3 is 0.806 bits per heavy atom. The van der Waals surface area contributed by atoms with E-state index in [-0.39, 0.29) is 0 Å². The van der Waals surface area contributed by atoms with Crippen molar-refractivity contribution >= 4 is 46.1 Å². The summed E-state index contributed by atoms with van der Waals surface area (Å²) in [6, 6.07) is 42.5. The summed E-state index contributed by atoms with van der Waals surface area (Å²) < 4.78 is 31.2. The van der Waals surface area contributed by atoms with Gasteiger partial charge in [-0.2, -0.15) is 0 Å². The lowest BCUT2D eigenvalue weighted by Gasteiger charge is -2.30. The normalized spacial score (nSPS) is 11.8. The van der Waals surface area contributed by atoms with E-state index >= 15 is 9.13 Å². The molecule has 0 saturated heterocycles. The maximum absolute atomic E-state index is 15.6. The number of rotatable bonds is 6. The van der Waals surface area contributed by atoms with E-state index < -0.39 is 14.3 Å². The zero-order chi connectivity index (χ0) is 25.2. The Bertz CT molecular complexity index is 1370. The van der Waals surface area contributed by atoms with Crippen LogP contribution in [0.3, 0.4) is 0 Å². The molecule has 0 saturated carbocycles. The molecule has 0 aliphatic heterocycles. The minimum absolute atomic E-state index is 0.677. The molecule has 0 aliphatic rings. The molecule has 178 valence electrons. The fraction of sp³-hybridized carbons (Fsp3) is 0.0625. The predicted molar refractivity (Wildman–Crippen MR) is 155 cm³/mol. The zero-order valence-electron chi connectivity index (χ0n) is 20.4. The Morgan fingerprint density at radius 2 is 0.583 bits per heavy atom. The molecule has 0 N–H and O–H groups in total. The fourth-order valence-electron chi connectivity index (χ4n) is 4.94. The van der Waals surface area contributed by atoms with Gasteiger partial charge in [0, 0.05) is 31.8 Å². The van der Waals surface area contributed by atoms with E-state index in [9.17, 15) is 0 Å². The van der Waals surface area contributed by atoms with E-state index in [4.69, 9.17) is 0 Å². The van der Waals surface area contributed by atoms with E-state index in [1.54, 1.807) is 0 Å². The monoisotopic (exact) mass is 506 g/mol. The average Bonchev–Trinajstić information content (AvgIpc) is 2.95. The van der Waals surface area contributed by atoms with Crippen LogP contribution in [0.4, 0.5) is 0 Å². The van der Waals surface area contributed by atoms with Crippen LogP contribution in [0.2, 0.25) is 0 Å². The molecule has 5 rings (SSSR count). The summed E-state index contributed by atoms with van der Waals surface area (Å²) in [5.41, 5.74) is 1.75. The van der Waals surface area contributed by atoms with Crippen molar-refractivity contribution in [3.63, 3.8) is 0 Å². The topological polar surface area (TPSA) is 34.1 Å². The standard InChI is InChI=1S/C32H28O2P2/c1-25-23-24-26(2)32(36(34,29-19-11-5-12-20-29)30-21-13-6-14-22-30)31(25)35(33,27-15-7-3-8-16-27)28-17-9-4-10-18-28/h3-24H,1-2H3. The molecule has 0 unspecified atom stereocenters. The highest BCUT2D eigenvalue weighted by Gasteiger charge is 2.41. The third-order valence-corrected chi connectivity index (χ3v) is 13.4. The third-order valence-electron chi connectivity index (χ3n) is 6.66. The first kappa shape index (κ1) is 24.3. The maximum Gasteiger partial charge on any atom is 0.172 e.